The van der Waals surface area contributed by atoms with Crippen molar-refractivity contribution < 1.29 is 8.78 Å². The number of aliphatic imine (C=N–C) groups is 1. The number of thiazole rings is 1. The van der Waals surface area contributed by atoms with Crippen LogP contribution in [0.1, 0.15) is 22.4 Å². The van der Waals surface area contributed by atoms with Crippen LogP contribution in [-0.2, 0) is 19.4 Å². The number of benzene rings is 1. The number of aryl methyl sites for hydroxylation is 1. The van der Waals surface area contributed by atoms with Crippen LogP contribution in [0.3, 0.4) is 0 Å². The second kappa shape index (κ2) is 10.5. The zero-order valence-electron chi connectivity index (χ0n) is 13.6. The molecule has 0 amide bonds. The summed E-state index contributed by atoms with van der Waals surface area (Å²) in [4.78, 5) is 9.70. The number of nitrogens with one attached hydrogen (secondary N) is 2. The highest BCUT2D eigenvalue weighted by molar-refractivity contribution is 14.0. The van der Waals surface area contributed by atoms with Crippen molar-refractivity contribution in [3.05, 3.63) is 51.5 Å². The molecule has 0 unspecified atom stereocenters. The Bertz CT molecular complexity index is 656. The first-order valence-corrected chi connectivity index (χ1v) is 8.25. The Kier molecular flexibility index (Phi) is 9.12. The van der Waals surface area contributed by atoms with E-state index in [-0.39, 0.29) is 24.0 Å². The van der Waals surface area contributed by atoms with E-state index in [4.69, 9.17) is 0 Å². The minimum absolute atomic E-state index is 0. The zero-order valence-corrected chi connectivity index (χ0v) is 16.8. The fraction of sp³-hybridized carbons (Fsp3) is 0.375. The number of halogens is 3. The molecule has 0 atom stereocenters. The molecule has 1 aromatic heterocycles. The molecule has 2 rings (SSSR count). The molecule has 0 saturated heterocycles. The third kappa shape index (κ3) is 6.68. The van der Waals surface area contributed by atoms with E-state index in [0.29, 0.717) is 31.0 Å². The standard InChI is InChI=1S/C16H20F2N4S.HI/c1-3-14-9-21-15(23-14)10-22-16(19-2)20-5-4-11-6-12(17)8-13(18)7-11;/h6-9H,3-5,10H2,1-2H3,(H2,19,20,22);1H. The third-order valence-electron chi connectivity index (χ3n) is 3.21. The first-order valence-electron chi connectivity index (χ1n) is 7.43. The maximum absolute atomic E-state index is 13.1. The molecule has 0 radical (unpaired) electrons. The predicted molar refractivity (Wildman–Crippen MR) is 105 cm³/mol. The van der Waals surface area contributed by atoms with Crippen LogP contribution in [0.25, 0.3) is 0 Å². The topological polar surface area (TPSA) is 49.3 Å². The van der Waals surface area contributed by atoms with Crippen LogP contribution in [0.4, 0.5) is 8.78 Å². The van der Waals surface area contributed by atoms with Crippen molar-refractivity contribution in [1.82, 2.24) is 15.6 Å². The van der Waals surface area contributed by atoms with Gasteiger partial charge in [-0.3, -0.25) is 4.99 Å². The van der Waals surface area contributed by atoms with Gasteiger partial charge in [-0.05, 0) is 30.5 Å². The second-order valence-corrected chi connectivity index (χ2v) is 6.15. The number of aromatic nitrogens is 1. The molecule has 0 bridgehead atoms. The molecule has 132 valence electrons. The van der Waals surface area contributed by atoms with Gasteiger partial charge in [-0.15, -0.1) is 35.3 Å². The van der Waals surface area contributed by atoms with Gasteiger partial charge in [-0.2, -0.15) is 0 Å². The molecule has 0 saturated carbocycles. The van der Waals surface area contributed by atoms with E-state index in [2.05, 4.69) is 27.5 Å². The molecule has 2 N–H and O–H groups in total. The van der Waals surface area contributed by atoms with Crippen molar-refractivity contribution in [3.63, 3.8) is 0 Å². The highest BCUT2D eigenvalue weighted by atomic mass is 127. The lowest BCUT2D eigenvalue weighted by Crippen LogP contribution is -2.37. The van der Waals surface area contributed by atoms with Gasteiger partial charge in [-0.25, -0.2) is 13.8 Å². The summed E-state index contributed by atoms with van der Waals surface area (Å²) in [6.45, 7) is 3.22. The van der Waals surface area contributed by atoms with Crippen molar-refractivity contribution >= 4 is 41.3 Å². The van der Waals surface area contributed by atoms with Gasteiger partial charge >= 0.3 is 0 Å². The van der Waals surface area contributed by atoms with Crippen molar-refractivity contribution in [2.45, 2.75) is 26.3 Å². The minimum Gasteiger partial charge on any atom is -0.356 e. The van der Waals surface area contributed by atoms with E-state index in [1.54, 1.807) is 18.4 Å². The summed E-state index contributed by atoms with van der Waals surface area (Å²) in [5.41, 5.74) is 0.609. The van der Waals surface area contributed by atoms with Crippen molar-refractivity contribution in [2.24, 2.45) is 4.99 Å². The molecule has 0 spiro atoms. The van der Waals surface area contributed by atoms with Crippen LogP contribution in [0.15, 0.2) is 29.4 Å². The van der Waals surface area contributed by atoms with Gasteiger partial charge in [0.05, 0.1) is 6.54 Å². The Hall–Kier alpha value is -1.29. The van der Waals surface area contributed by atoms with E-state index in [1.807, 2.05) is 6.20 Å². The lowest BCUT2D eigenvalue weighted by atomic mass is 10.1. The van der Waals surface area contributed by atoms with Crippen LogP contribution in [-0.4, -0.2) is 24.5 Å². The Balaban J connectivity index is 0.00000288. The van der Waals surface area contributed by atoms with Crippen LogP contribution in [0.5, 0.6) is 0 Å². The minimum atomic E-state index is -0.557. The van der Waals surface area contributed by atoms with Crippen LogP contribution in [0.2, 0.25) is 0 Å². The van der Waals surface area contributed by atoms with Crippen molar-refractivity contribution in [2.75, 3.05) is 13.6 Å². The molecule has 0 aliphatic rings. The number of nitrogens with zero attached hydrogens (tertiary/aromatic N) is 2. The van der Waals surface area contributed by atoms with Gasteiger partial charge in [-0.1, -0.05) is 6.92 Å². The molecular formula is C16H21F2IN4S. The molecule has 0 aliphatic heterocycles. The summed E-state index contributed by atoms with van der Waals surface area (Å²) in [5.74, 6) is -0.480. The Morgan fingerprint density at radius 3 is 2.50 bits per heavy atom. The summed E-state index contributed by atoms with van der Waals surface area (Å²) in [7, 11) is 1.68. The van der Waals surface area contributed by atoms with Crippen LogP contribution >= 0.6 is 35.3 Å². The fourth-order valence-corrected chi connectivity index (χ4v) is 2.86. The molecule has 8 heteroatoms. The molecule has 1 heterocycles. The fourth-order valence-electron chi connectivity index (χ4n) is 2.05. The molecule has 24 heavy (non-hydrogen) atoms. The monoisotopic (exact) mass is 466 g/mol. The van der Waals surface area contributed by atoms with Gasteiger partial charge in [0.1, 0.15) is 16.6 Å². The molecule has 0 fully saturated rings. The van der Waals surface area contributed by atoms with Gasteiger partial charge in [0.2, 0.25) is 0 Å². The van der Waals surface area contributed by atoms with Crippen LogP contribution in [0, 0.1) is 11.6 Å². The SMILES string of the molecule is CCc1cnc(CNC(=NC)NCCc2cc(F)cc(F)c2)s1.I. The summed E-state index contributed by atoms with van der Waals surface area (Å²) < 4.78 is 26.2. The lowest BCUT2D eigenvalue weighted by molar-refractivity contribution is 0.579. The molecule has 0 aliphatic carbocycles. The van der Waals surface area contributed by atoms with Crippen molar-refractivity contribution in [3.8, 4) is 0 Å². The average molecular weight is 466 g/mol. The van der Waals surface area contributed by atoms with E-state index < -0.39 is 11.6 Å². The maximum Gasteiger partial charge on any atom is 0.191 e. The summed E-state index contributed by atoms with van der Waals surface area (Å²) in [5, 5.41) is 7.29. The predicted octanol–water partition coefficient (Wildman–Crippen LogP) is 3.51. The first kappa shape index (κ1) is 20.8. The second-order valence-electron chi connectivity index (χ2n) is 4.95. The molecule has 1 aromatic carbocycles. The maximum atomic E-state index is 13.1. The van der Waals surface area contributed by atoms with Gasteiger partial charge < -0.3 is 10.6 Å². The number of hydrogen-bond acceptors (Lipinski definition) is 3. The van der Waals surface area contributed by atoms with Gasteiger partial charge in [0.15, 0.2) is 5.96 Å². The number of guanidine groups is 1. The first-order chi connectivity index (χ1) is 11.1. The van der Waals surface area contributed by atoms with E-state index in [1.165, 1.54) is 17.0 Å². The largest absolute Gasteiger partial charge is 0.356 e. The highest BCUT2D eigenvalue weighted by Crippen LogP contribution is 2.12. The average Bonchev–Trinajstić information content (AvgIpc) is 2.97. The normalized spacial score (nSPS) is 11.1. The summed E-state index contributed by atoms with van der Waals surface area (Å²) >= 11 is 1.67. The third-order valence-corrected chi connectivity index (χ3v) is 4.35. The molecule has 4 nitrogen and oxygen atoms in total. The number of rotatable bonds is 6. The quantitative estimate of drug-likeness (QED) is 0.389. The van der Waals surface area contributed by atoms with Gasteiger partial charge in [0, 0.05) is 30.7 Å². The Morgan fingerprint density at radius 1 is 1.21 bits per heavy atom. The zero-order chi connectivity index (χ0) is 16.7. The highest BCUT2D eigenvalue weighted by Gasteiger charge is 2.04. The molecule has 2 aromatic rings. The Morgan fingerprint density at radius 2 is 1.92 bits per heavy atom. The lowest BCUT2D eigenvalue weighted by Gasteiger charge is -2.11. The van der Waals surface area contributed by atoms with E-state index in [9.17, 15) is 8.78 Å². The van der Waals surface area contributed by atoms with Crippen LogP contribution < -0.4 is 10.6 Å². The van der Waals surface area contributed by atoms with E-state index >= 15 is 0 Å². The number of hydrogen-bond donors (Lipinski definition) is 2. The van der Waals surface area contributed by atoms with Gasteiger partial charge in [0.25, 0.3) is 0 Å². The summed E-state index contributed by atoms with van der Waals surface area (Å²) in [6.07, 6.45) is 3.37. The smallest absolute Gasteiger partial charge is 0.191 e. The molecular weight excluding hydrogens is 445 g/mol. The van der Waals surface area contributed by atoms with Crippen molar-refractivity contribution in [1.29, 1.82) is 0 Å². The summed E-state index contributed by atoms with van der Waals surface area (Å²) in [6, 6.07) is 3.54. The Labute approximate surface area is 161 Å². The van der Waals surface area contributed by atoms with E-state index in [0.717, 1.165) is 17.5 Å².